The highest BCUT2D eigenvalue weighted by Crippen LogP contribution is 2.67. The number of halogens is 1. The van der Waals surface area contributed by atoms with Gasteiger partial charge in [0.15, 0.2) is 5.78 Å². The van der Waals surface area contributed by atoms with Crippen LogP contribution in [0.5, 0.6) is 0 Å². The van der Waals surface area contributed by atoms with E-state index in [0.717, 1.165) is 19.3 Å². The molecule has 0 aromatic heterocycles. The van der Waals surface area contributed by atoms with Gasteiger partial charge in [-0.2, -0.15) is 0 Å². The molecule has 2 aliphatic rings. The van der Waals surface area contributed by atoms with Crippen LogP contribution in [0.3, 0.4) is 0 Å². The van der Waals surface area contributed by atoms with Crippen molar-refractivity contribution in [3.05, 3.63) is 0 Å². The van der Waals surface area contributed by atoms with Gasteiger partial charge in [-0.1, -0.05) is 29.8 Å². The Hall–Kier alpha value is -0.380. The number of carbonyl (C=O) groups excluding carboxylic acids is 2. The number of nitrogens with two attached hydrogens (primary N) is 1. The molecule has 0 unspecified atom stereocenters. The summed E-state index contributed by atoms with van der Waals surface area (Å²) in [5.74, 6) is -0.0583. The summed E-state index contributed by atoms with van der Waals surface area (Å²) >= 11 is 3.55. The van der Waals surface area contributed by atoms with Gasteiger partial charge in [0.25, 0.3) is 0 Å². The van der Waals surface area contributed by atoms with Crippen LogP contribution >= 0.6 is 15.9 Å². The summed E-state index contributed by atoms with van der Waals surface area (Å²) in [6, 6.07) is 0. The molecule has 2 atom stereocenters. The topological polar surface area (TPSA) is 60.2 Å². The molecular weight excluding hydrogens is 258 g/mol. The maximum Gasteiger partial charge on any atom is 0.218 e. The van der Waals surface area contributed by atoms with Crippen LogP contribution in [0.4, 0.5) is 0 Å². The SMILES string of the molecule is CC1(C)C(=O)[C@@]2(Br)CC[C@]1(CC(N)=O)C2. The second kappa shape index (κ2) is 2.84. The first-order valence-corrected chi connectivity index (χ1v) is 6.05. The van der Waals surface area contributed by atoms with E-state index in [2.05, 4.69) is 15.9 Å². The van der Waals surface area contributed by atoms with Crippen LogP contribution in [0.15, 0.2) is 0 Å². The van der Waals surface area contributed by atoms with Crippen LogP contribution in [0.2, 0.25) is 0 Å². The molecule has 0 heterocycles. The smallest absolute Gasteiger partial charge is 0.218 e. The number of amides is 1. The molecule has 0 saturated heterocycles. The van der Waals surface area contributed by atoms with Crippen molar-refractivity contribution in [2.45, 2.75) is 43.9 Å². The molecule has 2 aliphatic carbocycles. The highest BCUT2D eigenvalue weighted by atomic mass is 79.9. The van der Waals surface area contributed by atoms with Crippen LogP contribution in [0, 0.1) is 10.8 Å². The van der Waals surface area contributed by atoms with Crippen molar-refractivity contribution >= 4 is 27.6 Å². The Kier molecular flexibility index (Phi) is 2.11. The van der Waals surface area contributed by atoms with Gasteiger partial charge in [-0.15, -0.1) is 0 Å². The predicted molar refractivity (Wildman–Crippen MR) is 60.5 cm³/mol. The van der Waals surface area contributed by atoms with E-state index in [0.29, 0.717) is 6.42 Å². The summed E-state index contributed by atoms with van der Waals surface area (Å²) < 4.78 is -0.383. The van der Waals surface area contributed by atoms with E-state index in [-0.39, 0.29) is 21.4 Å². The van der Waals surface area contributed by atoms with Crippen LogP contribution < -0.4 is 5.73 Å². The van der Waals surface area contributed by atoms with Crippen molar-refractivity contribution < 1.29 is 9.59 Å². The Bertz CT molecular complexity index is 352. The highest BCUT2D eigenvalue weighted by Gasteiger charge is 2.68. The number of ketones is 1. The number of Topliss-reactive ketones (excluding diaryl/α,β-unsaturated/α-hetero) is 1. The number of hydrogen-bond donors (Lipinski definition) is 1. The van der Waals surface area contributed by atoms with Crippen molar-refractivity contribution in [1.82, 2.24) is 0 Å². The van der Waals surface area contributed by atoms with Gasteiger partial charge >= 0.3 is 0 Å². The molecule has 0 spiro atoms. The van der Waals surface area contributed by atoms with E-state index in [4.69, 9.17) is 5.73 Å². The maximum atomic E-state index is 12.2. The van der Waals surface area contributed by atoms with Gasteiger partial charge in [-0.05, 0) is 24.7 Å². The molecule has 2 bridgehead atoms. The summed E-state index contributed by atoms with van der Waals surface area (Å²) in [6.45, 7) is 3.89. The molecule has 0 aromatic rings. The summed E-state index contributed by atoms with van der Waals surface area (Å²) in [6.07, 6.45) is 2.84. The lowest BCUT2D eigenvalue weighted by Gasteiger charge is -2.40. The zero-order valence-electron chi connectivity index (χ0n) is 9.10. The van der Waals surface area contributed by atoms with Gasteiger partial charge < -0.3 is 5.73 Å². The molecule has 0 aromatic carbocycles. The van der Waals surface area contributed by atoms with Gasteiger partial charge in [0, 0.05) is 11.8 Å². The predicted octanol–water partition coefficient (Wildman–Crippen LogP) is 1.77. The van der Waals surface area contributed by atoms with E-state index in [9.17, 15) is 9.59 Å². The third kappa shape index (κ3) is 1.23. The number of carbonyl (C=O) groups is 2. The molecular formula is C11H16BrNO2. The minimum absolute atomic E-state index is 0.209. The minimum Gasteiger partial charge on any atom is -0.370 e. The first-order chi connectivity index (χ1) is 6.74. The standard InChI is InChI=1S/C11H16BrNO2/c1-9(2)8(15)11(12)4-3-10(9,6-11)5-7(13)14/h3-6H2,1-2H3,(H2,13,14)/t10-,11+/m0/s1. The molecule has 0 aliphatic heterocycles. The average Bonchev–Trinajstić information content (AvgIpc) is 2.48. The lowest BCUT2D eigenvalue weighted by atomic mass is 9.63. The van der Waals surface area contributed by atoms with E-state index in [1.165, 1.54) is 0 Å². The lowest BCUT2D eigenvalue weighted by molar-refractivity contribution is -0.134. The molecule has 2 rings (SSSR count). The Labute approximate surface area is 97.9 Å². The van der Waals surface area contributed by atoms with Crippen molar-refractivity contribution in [2.75, 3.05) is 0 Å². The first kappa shape index (κ1) is 11.1. The first-order valence-electron chi connectivity index (χ1n) is 5.26. The number of rotatable bonds is 2. The highest BCUT2D eigenvalue weighted by molar-refractivity contribution is 9.10. The quantitative estimate of drug-likeness (QED) is 0.780. The molecule has 4 heteroatoms. The fraction of sp³-hybridized carbons (Fsp3) is 0.818. The Balaban J connectivity index is 2.42. The Morgan fingerprint density at radius 1 is 1.47 bits per heavy atom. The van der Waals surface area contributed by atoms with Crippen molar-refractivity contribution in [3.63, 3.8) is 0 Å². The molecule has 2 fully saturated rings. The molecule has 2 saturated carbocycles. The number of fused-ring (bicyclic) bond motifs is 2. The molecule has 3 nitrogen and oxygen atoms in total. The molecule has 1 amide bonds. The van der Waals surface area contributed by atoms with Crippen LogP contribution in [-0.4, -0.2) is 16.0 Å². The van der Waals surface area contributed by atoms with Gasteiger partial charge in [-0.25, -0.2) is 0 Å². The largest absolute Gasteiger partial charge is 0.370 e. The van der Waals surface area contributed by atoms with Gasteiger partial charge in [0.05, 0.1) is 4.32 Å². The molecule has 0 radical (unpaired) electrons. The average molecular weight is 274 g/mol. The van der Waals surface area contributed by atoms with Crippen LogP contribution in [0.25, 0.3) is 0 Å². The van der Waals surface area contributed by atoms with Crippen LogP contribution in [-0.2, 0) is 9.59 Å². The monoisotopic (exact) mass is 273 g/mol. The third-order valence-corrected chi connectivity index (χ3v) is 5.47. The zero-order chi connectivity index (χ0) is 11.5. The van der Waals surface area contributed by atoms with Gasteiger partial charge in [0.1, 0.15) is 0 Å². The Morgan fingerprint density at radius 2 is 2.07 bits per heavy atom. The summed E-state index contributed by atoms with van der Waals surface area (Å²) in [5.41, 5.74) is 4.66. The summed E-state index contributed by atoms with van der Waals surface area (Å²) in [5, 5.41) is 0. The summed E-state index contributed by atoms with van der Waals surface area (Å²) in [4.78, 5) is 23.3. The fourth-order valence-electron chi connectivity index (χ4n) is 3.38. The van der Waals surface area contributed by atoms with Gasteiger partial charge in [-0.3, -0.25) is 9.59 Å². The van der Waals surface area contributed by atoms with E-state index < -0.39 is 5.41 Å². The Morgan fingerprint density at radius 3 is 2.47 bits per heavy atom. The zero-order valence-corrected chi connectivity index (χ0v) is 10.7. The van der Waals surface area contributed by atoms with Crippen molar-refractivity contribution in [2.24, 2.45) is 16.6 Å². The fourth-order valence-corrected chi connectivity index (χ4v) is 4.61. The molecule has 2 N–H and O–H groups in total. The van der Waals surface area contributed by atoms with E-state index in [1.807, 2.05) is 13.8 Å². The number of alkyl halides is 1. The second-order valence-corrected chi connectivity index (χ2v) is 7.04. The lowest BCUT2D eigenvalue weighted by Crippen LogP contribution is -2.44. The van der Waals surface area contributed by atoms with Crippen molar-refractivity contribution in [3.8, 4) is 0 Å². The molecule has 84 valence electrons. The van der Waals surface area contributed by atoms with E-state index in [1.54, 1.807) is 0 Å². The van der Waals surface area contributed by atoms with E-state index >= 15 is 0 Å². The second-order valence-electron chi connectivity index (χ2n) is 5.52. The summed E-state index contributed by atoms with van der Waals surface area (Å²) in [7, 11) is 0. The molecule has 15 heavy (non-hydrogen) atoms. The number of hydrogen-bond acceptors (Lipinski definition) is 2. The van der Waals surface area contributed by atoms with Crippen LogP contribution in [0.1, 0.15) is 39.5 Å². The number of primary amides is 1. The third-order valence-electron chi connectivity index (χ3n) is 4.43. The minimum atomic E-state index is -0.427. The van der Waals surface area contributed by atoms with Crippen molar-refractivity contribution in [1.29, 1.82) is 0 Å². The maximum absolute atomic E-state index is 12.2. The normalized spacial score (nSPS) is 42.2. The van der Waals surface area contributed by atoms with Gasteiger partial charge in [0.2, 0.25) is 5.91 Å².